The molecule has 3 aromatic rings. The van der Waals surface area contributed by atoms with Crippen LogP contribution in [0.1, 0.15) is 18.1 Å². The Hall–Kier alpha value is -3.10. The summed E-state index contributed by atoms with van der Waals surface area (Å²) in [6.45, 7) is 2.69. The zero-order valence-electron chi connectivity index (χ0n) is 17.7. The Morgan fingerprint density at radius 3 is 2.33 bits per heavy atom. The molecule has 3 aromatic carbocycles. The Morgan fingerprint density at radius 1 is 0.939 bits per heavy atom. The number of nitrogens with one attached hydrogen (secondary N) is 1. The molecule has 4 rings (SSSR count). The van der Waals surface area contributed by atoms with Gasteiger partial charge in [0, 0.05) is 8.95 Å². The number of hydrogen-bond acceptors (Lipinski definition) is 4. The van der Waals surface area contributed by atoms with Gasteiger partial charge in [-0.1, -0.05) is 62.2 Å². The van der Waals surface area contributed by atoms with Gasteiger partial charge >= 0.3 is 0 Å². The van der Waals surface area contributed by atoms with Crippen molar-refractivity contribution in [3.63, 3.8) is 0 Å². The number of carbonyl (C=O) groups is 2. The van der Waals surface area contributed by atoms with Crippen LogP contribution in [0, 0.1) is 0 Å². The van der Waals surface area contributed by atoms with Gasteiger partial charge in [-0.3, -0.25) is 15.0 Å². The Morgan fingerprint density at radius 2 is 1.64 bits per heavy atom. The van der Waals surface area contributed by atoms with E-state index in [1.807, 2.05) is 37.3 Å². The van der Waals surface area contributed by atoms with Gasteiger partial charge in [0.2, 0.25) is 0 Å². The van der Waals surface area contributed by atoms with E-state index in [1.54, 1.807) is 42.5 Å². The molecule has 1 N–H and O–H groups in total. The van der Waals surface area contributed by atoms with Crippen LogP contribution in [0.15, 0.2) is 81.2 Å². The summed E-state index contributed by atoms with van der Waals surface area (Å²) in [5, 5.41) is 1.24. The molecule has 33 heavy (non-hydrogen) atoms. The van der Waals surface area contributed by atoms with E-state index in [-0.39, 0.29) is 5.57 Å². The number of nitrogens with zero attached hydrogens (tertiary/aromatic N) is 1. The average molecular weight is 572 g/mol. The Balaban J connectivity index is 1.60. The second-order valence-electron chi connectivity index (χ2n) is 7.14. The van der Waals surface area contributed by atoms with E-state index in [1.165, 1.54) is 5.01 Å². The number of hydrazine groups is 1. The number of benzene rings is 3. The van der Waals surface area contributed by atoms with E-state index in [0.29, 0.717) is 40.4 Å². The average Bonchev–Trinajstić information content (AvgIpc) is 3.10. The number of para-hydroxylation sites is 1. The zero-order valence-corrected chi connectivity index (χ0v) is 20.9. The third-order valence-electron chi connectivity index (χ3n) is 4.88. The molecule has 0 bridgehead atoms. The molecule has 0 aliphatic carbocycles. The number of rotatable bonds is 7. The molecule has 2 amide bonds. The van der Waals surface area contributed by atoms with Crippen molar-refractivity contribution in [3.8, 4) is 11.5 Å². The lowest BCUT2D eigenvalue weighted by molar-refractivity contribution is -0.117. The minimum absolute atomic E-state index is 0.0329. The minimum atomic E-state index is -0.468. The molecule has 8 heteroatoms. The first kappa shape index (κ1) is 23.1. The SMILES string of the molecule is CCOc1cc(/C=C2/C(=O)NN(c3ccccc3)C2=O)c(Br)cc1OCc1ccc(Br)cc1. The zero-order chi connectivity index (χ0) is 23.4. The fourth-order valence-corrected chi connectivity index (χ4v) is 3.96. The van der Waals surface area contributed by atoms with Crippen LogP contribution in [-0.4, -0.2) is 18.4 Å². The Bertz CT molecular complexity index is 1210. The second kappa shape index (κ2) is 10.2. The van der Waals surface area contributed by atoms with Crippen LogP contribution >= 0.6 is 31.9 Å². The van der Waals surface area contributed by atoms with Crippen LogP contribution < -0.4 is 19.9 Å². The van der Waals surface area contributed by atoms with Gasteiger partial charge in [-0.25, -0.2) is 5.01 Å². The molecule has 1 saturated heterocycles. The molecular weight excluding hydrogens is 552 g/mol. The molecule has 1 aliphatic rings. The first-order valence-electron chi connectivity index (χ1n) is 10.2. The molecule has 0 spiro atoms. The lowest BCUT2D eigenvalue weighted by Gasteiger charge is -2.14. The quantitative estimate of drug-likeness (QED) is 0.294. The molecule has 168 valence electrons. The Labute approximate surface area is 208 Å². The van der Waals surface area contributed by atoms with Gasteiger partial charge in [-0.05, 0) is 60.5 Å². The highest BCUT2D eigenvalue weighted by Gasteiger charge is 2.34. The van der Waals surface area contributed by atoms with E-state index < -0.39 is 11.8 Å². The predicted octanol–water partition coefficient (Wildman–Crippen LogP) is 5.65. The maximum absolute atomic E-state index is 12.9. The van der Waals surface area contributed by atoms with Gasteiger partial charge in [0.1, 0.15) is 12.2 Å². The van der Waals surface area contributed by atoms with E-state index in [4.69, 9.17) is 9.47 Å². The van der Waals surface area contributed by atoms with Crippen molar-refractivity contribution in [2.45, 2.75) is 13.5 Å². The minimum Gasteiger partial charge on any atom is -0.490 e. The standard InChI is InChI=1S/C25H20Br2N2O4/c1-2-32-22-13-17(21(27)14-23(22)33-15-16-8-10-18(26)11-9-16)12-20-24(30)28-29(25(20)31)19-6-4-3-5-7-19/h3-14H,2,15H2,1H3,(H,28,30)/b20-12-. The van der Waals surface area contributed by atoms with Crippen LogP contribution in [0.2, 0.25) is 0 Å². The molecule has 6 nitrogen and oxygen atoms in total. The summed E-state index contributed by atoms with van der Waals surface area (Å²) in [5.41, 5.74) is 4.87. The van der Waals surface area contributed by atoms with Crippen molar-refractivity contribution in [1.82, 2.24) is 5.43 Å². The van der Waals surface area contributed by atoms with E-state index >= 15 is 0 Å². The predicted molar refractivity (Wildman–Crippen MR) is 134 cm³/mol. The lowest BCUT2D eigenvalue weighted by Crippen LogP contribution is -2.35. The first-order chi connectivity index (χ1) is 16.0. The number of ether oxygens (including phenoxy) is 2. The molecule has 0 saturated carbocycles. The molecule has 0 unspecified atom stereocenters. The van der Waals surface area contributed by atoms with E-state index in [0.717, 1.165) is 10.0 Å². The van der Waals surface area contributed by atoms with Crippen molar-refractivity contribution in [2.24, 2.45) is 0 Å². The second-order valence-corrected chi connectivity index (χ2v) is 8.91. The van der Waals surface area contributed by atoms with Crippen molar-refractivity contribution in [1.29, 1.82) is 0 Å². The summed E-state index contributed by atoms with van der Waals surface area (Å²) in [6.07, 6.45) is 1.55. The molecular formula is C25H20Br2N2O4. The molecule has 0 atom stereocenters. The fraction of sp³-hybridized carbons (Fsp3) is 0.120. The van der Waals surface area contributed by atoms with Gasteiger partial charge in [0.15, 0.2) is 11.5 Å². The summed E-state index contributed by atoms with van der Waals surface area (Å²) in [5.74, 6) is 0.188. The monoisotopic (exact) mass is 570 g/mol. The third kappa shape index (κ3) is 5.29. The van der Waals surface area contributed by atoms with Gasteiger partial charge < -0.3 is 9.47 Å². The van der Waals surface area contributed by atoms with Crippen molar-refractivity contribution >= 4 is 55.4 Å². The highest BCUT2D eigenvalue weighted by Crippen LogP contribution is 2.36. The number of carbonyl (C=O) groups excluding carboxylic acids is 2. The van der Waals surface area contributed by atoms with Gasteiger partial charge in [-0.2, -0.15) is 0 Å². The maximum Gasteiger partial charge on any atom is 0.282 e. The van der Waals surface area contributed by atoms with Crippen molar-refractivity contribution in [3.05, 3.63) is 92.4 Å². The molecule has 1 heterocycles. The molecule has 1 aliphatic heterocycles. The van der Waals surface area contributed by atoms with Crippen molar-refractivity contribution < 1.29 is 19.1 Å². The maximum atomic E-state index is 12.9. The van der Waals surface area contributed by atoms with Gasteiger partial charge in [0.05, 0.1) is 12.3 Å². The summed E-state index contributed by atoms with van der Waals surface area (Å²) in [7, 11) is 0. The largest absolute Gasteiger partial charge is 0.490 e. The summed E-state index contributed by atoms with van der Waals surface area (Å²) in [4.78, 5) is 25.4. The van der Waals surface area contributed by atoms with Crippen LogP contribution in [0.5, 0.6) is 11.5 Å². The van der Waals surface area contributed by atoms with E-state index in [9.17, 15) is 9.59 Å². The van der Waals surface area contributed by atoms with Gasteiger partial charge in [0.25, 0.3) is 11.8 Å². The topological polar surface area (TPSA) is 67.9 Å². The number of anilines is 1. The number of halogens is 2. The van der Waals surface area contributed by atoms with E-state index in [2.05, 4.69) is 37.3 Å². The fourth-order valence-electron chi connectivity index (χ4n) is 3.26. The van der Waals surface area contributed by atoms with Crippen LogP contribution in [0.25, 0.3) is 6.08 Å². The number of hydrogen-bond donors (Lipinski definition) is 1. The lowest BCUT2D eigenvalue weighted by atomic mass is 10.1. The normalized spacial score (nSPS) is 14.5. The van der Waals surface area contributed by atoms with Crippen molar-refractivity contribution in [2.75, 3.05) is 11.6 Å². The smallest absolute Gasteiger partial charge is 0.282 e. The Kier molecular flexibility index (Phi) is 7.15. The molecule has 0 radical (unpaired) electrons. The van der Waals surface area contributed by atoms with Crippen LogP contribution in [0.3, 0.4) is 0 Å². The highest BCUT2D eigenvalue weighted by molar-refractivity contribution is 9.10. The third-order valence-corrected chi connectivity index (χ3v) is 6.09. The van der Waals surface area contributed by atoms with Crippen LogP contribution in [-0.2, 0) is 16.2 Å². The summed E-state index contributed by atoms with van der Waals surface area (Å²) >= 11 is 6.96. The summed E-state index contributed by atoms with van der Waals surface area (Å²) in [6, 6.07) is 20.3. The van der Waals surface area contributed by atoms with Crippen LogP contribution in [0.4, 0.5) is 5.69 Å². The molecule has 1 fully saturated rings. The molecule has 0 aromatic heterocycles. The van der Waals surface area contributed by atoms with Gasteiger partial charge in [-0.15, -0.1) is 0 Å². The summed E-state index contributed by atoms with van der Waals surface area (Å²) < 4.78 is 13.4. The first-order valence-corrected chi connectivity index (χ1v) is 11.8. The highest BCUT2D eigenvalue weighted by atomic mass is 79.9. The number of amides is 2.